The molecule has 146 valence electrons. The Bertz CT molecular complexity index is 581. The topological polar surface area (TPSA) is 48.9 Å². The van der Waals surface area contributed by atoms with E-state index in [9.17, 15) is 0 Å². The van der Waals surface area contributed by atoms with E-state index in [1.54, 1.807) is 0 Å². The second kappa shape index (κ2) is 10.5. The van der Waals surface area contributed by atoms with Crippen molar-refractivity contribution in [2.24, 2.45) is 10.9 Å². The second-order valence-electron chi connectivity index (χ2n) is 7.47. The SMILES string of the molecule is CN=C(NCc1ccccc1CN1CC(C)OC(C)C1)NCC1CC1.I. The third-order valence-corrected chi connectivity index (χ3v) is 4.93. The zero-order chi connectivity index (χ0) is 17.6. The van der Waals surface area contributed by atoms with E-state index in [1.165, 1.54) is 24.0 Å². The molecule has 0 aromatic heterocycles. The number of benzene rings is 1. The highest BCUT2D eigenvalue weighted by Crippen LogP contribution is 2.27. The van der Waals surface area contributed by atoms with Crippen LogP contribution in [0.15, 0.2) is 29.3 Å². The van der Waals surface area contributed by atoms with Crippen molar-refractivity contribution in [3.63, 3.8) is 0 Å². The molecule has 5 nitrogen and oxygen atoms in total. The summed E-state index contributed by atoms with van der Waals surface area (Å²) in [5.41, 5.74) is 2.72. The Labute approximate surface area is 175 Å². The van der Waals surface area contributed by atoms with Gasteiger partial charge in [-0.3, -0.25) is 9.89 Å². The van der Waals surface area contributed by atoms with E-state index in [1.807, 2.05) is 7.05 Å². The van der Waals surface area contributed by atoms with Gasteiger partial charge in [-0.15, -0.1) is 24.0 Å². The number of aliphatic imine (C=N–C) groups is 1. The predicted octanol–water partition coefficient (Wildman–Crippen LogP) is 2.99. The third-order valence-electron chi connectivity index (χ3n) is 4.93. The van der Waals surface area contributed by atoms with Crippen LogP contribution in [-0.4, -0.2) is 49.7 Å². The predicted molar refractivity (Wildman–Crippen MR) is 118 cm³/mol. The van der Waals surface area contributed by atoms with Crippen LogP contribution in [0.1, 0.15) is 37.8 Å². The number of nitrogens with zero attached hydrogens (tertiary/aromatic N) is 2. The van der Waals surface area contributed by atoms with Crippen LogP contribution in [0.3, 0.4) is 0 Å². The highest BCUT2D eigenvalue weighted by Gasteiger charge is 2.23. The highest BCUT2D eigenvalue weighted by molar-refractivity contribution is 14.0. The lowest BCUT2D eigenvalue weighted by molar-refractivity contribution is -0.0705. The van der Waals surface area contributed by atoms with Gasteiger partial charge in [0, 0.05) is 39.8 Å². The van der Waals surface area contributed by atoms with E-state index in [4.69, 9.17) is 4.74 Å². The number of nitrogens with one attached hydrogen (secondary N) is 2. The first kappa shape index (κ1) is 21.4. The summed E-state index contributed by atoms with van der Waals surface area (Å²) in [7, 11) is 1.84. The lowest BCUT2D eigenvalue weighted by atomic mass is 10.1. The van der Waals surface area contributed by atoms with Gasteiger partial charge in [0.1, 0.15) is 0 Å². The monoisotopic (exact) mass is 472 g/mol. The summed E-state index contributed by atoms with van der Waals surface area (Å²) < 4.78 is 5.85. The minimum Gasteiger partial charge on any atom is -0.373 e. The van der Waals surface area contributed by atoms with Crippen molar-refractivity contribution in [3.05, 3.63) is 35.4 Å². The Morgan fingerprint density at radius 2 is 1.77 bits per heavy atom. The molecule has 1 heterocycles. The summed E-state index contributed by atoms with van der Waals surface area (Å²) in [5.74, 6) is 1.74. The lowest BCUT2D eigenvalue weighted by Gasteiger charge is -2.35. The maximum Gasteiger partial charge on any atom is 0.191 e. The molecule has 1 aromatic rings. The number of guanidine groups is 1. The molecule has 1 aliphatic heterocycles. The average Bonchev–Trinajstić information content (AvgIpc) is 3.40. The van der Waals surface area contributed by atoms with Gasteiger partial charge in [0.15, 0.2) is 5.96 Å². The van der Waals surface area contributed by atoms with Gasteiger partial charge in [-0.05, 0) is 43.7 Å². The first-order valence-corrected chi connectivity index (χ1v) is 9.53. The molecule has 1 aromatic carbocycles. The summed E-state index contributed by atoms with van der Waals surface area (Å²) in [6.45, 7) is 9.12. The van der Waals surface area contributed by atoms with Crippen molar-refractivity contribution >= 4 is 29.9 Å². The van der Waals surface area contributed by atoms with Gasteiger partial charge in [-0.1, -0.05) is 24.3 Å². The molecule has 2 aliphatic rings. The standard InChI is InChI=1S/C20H32N4O.HI/c1-15-12-24(13-16(2)25-15)14-19-7-5-4-6-18(19)11-23-20(21-3)22-10-17-8-9-17;/h4-7,15-17H,8-14H2,1-3H3,(H2,21,22,23);1H. The maximum absolute atomic E-state index is 5.85. The Kier molecular flexibility index (Phi) is 8.63. The minimum absolute atomic E-state index is 0. The number of hydrogen-bond acceptors (Lipinski definition) is 3. The fourth-order valence-electron chi connectivity index (χ4n) is 3.50. The van der Waals surface area contributed by atoms with Gasteiger partial charge in [0.25, 0.3) is 0 Å². The lowest BCUT2D eigenvalue weighted by Crippen LogP contribution is -2.45. The van der Waals surface area contributed by atoms with Gasteiger partial charge in [0.2, 0.25) is 0 Å². The van der Waals surface area contributed by atoms with Gasteiger partial charge in [0.05, 0.1) is 12.2 Å². The van der Waals surface area contributed by atoms with Crippen LogP contribution in [0.4, 0.5) is 0 Å². The molecular weight excluding hydrogens is 439 g/mol. The van der Waals surface area contributed by atoms with Crippen LogP contribution >= 0.6 is 24.0 Å². The van der Waals surface area contributed by atoms with Gasteiger partial charge < -0.3 is 15.4 Å². The molecular formula is C20H33IN4O. The average molecular weight is 472 g/mol. The van der Waals surface area contributed by atoms with Gasteiger partial charge in [-0.2, -0.15) is 0 Å². The molecule has 6 heteroatoms. The van der Waals surface area contributed by atoms with Crippen molar-refractivity contribution in [3.8, 4) is 0 Å². The van der Waals surface area contributed by atoms with Crippen LogP contribution in [0, 0.1) is 5.92 Å². The third kappa shape index (κ3) is 6.70. The summed E-state index contributed by atoms with van der Waals surface area (Å²) in [4.78, 5) is 6.83. The zero-order valence-electron chi connectivity index (χ0n) is 16.2. The van der Waals surface area contributed by atoms with Crippen molar-refractivity contribution in [1.82, 2.24) is 15.5 Å². The van der Waals surface area contributed by atoms with Crippen LogP contribution in [0.2, 0.25) is 0 Å². The Hall–Kier alpha value is -0.860. The van der Waals surface area contributed by atoms with Gasteiger partial charge in [-0.25, -0.2) is 0 Å². The maximum atomic E-state index is 5.85. The highest BCUT2D eigenvalue weighted by atomic mass is 127. The van der Waals surface area contributed by atoms with Crippen molar-refractivity contribution in [1.29, 1.82) is 0 Å². The van der Waals surface area contributed by atoms with E-state index in [0.29, 0.717) is 12.2 Å². The fourth-order valence-corrected chi connectivity index (χ4v) is 3.50. The first-order valence-electron chi connectivity index (χ1n) is 9.53. The van der Waals surface area contributed by atoms with E-state index >= 15 is 0 Å². The molecule has 2 fully saturated rings. The summed E-state index contributed by atoms with van der Waals surface area (Å²) in [5, 5.41) is 6.89. The van der Waals surface area contributed by atoms with E-state index in [2.05, 4.69) is 58.6 Å². The van der Waals surface area contributed by atoms with Crippen LogP contribution < -0.4 is 10.6 Å². The molecule has 0 radical (unpaired) electrons. The van der Waals surface area contributed by atoms with Crippen molar-refractivity contribution < 1.29 is 4.74 Å². The molecule has 1 aliphatic carbocycles. The van der Waals surface area contributed by atoms with Crippen molar-refractivity contribution in [2.45, 2.75) is 52.0 Å². The second-order valence-corrected chi connectivity index (χ2v) is 7.47. The summed E-state index contributed by atoms with van der Waals surface area (Å²) in [6.07, 6.45) is 3.31. The smallest absolute Gasteiger partial charge is 0.191 e. The zero-order valence-corrected chi connectivity index (χ0v) is 18.5. The molecule has 2 N–H and O–H groups in total. The molecule has 2 atom stereocenters. The Balaban J connectivity index is 0.00000243. The summed E-state index contributed by atoms with van der Waals surface area (Å²) >= 11 is 0. The van der Waals surface area contributed by atoms with Crippen LogP contribution in [0.5, 0.6) is 0 Å². The van der Waals surface area contributed by atoms with Crippen molar-refractivity contribution in [2.75, 3.05) is 26.7 Å². The van der Waals surface area contributed by atoms with E-state index in [-0.39, 0.29) is 24.0 Å². The molecule has 1 saturated carbocycles. The number of morpholine rings is 1. The Morgan fingerprint density at radius 3 is 2.38 bits per heavy atom. The quantitative estimate of drug-likeness (QED) is 0.380. The molecule has 0 amide bonds. The van der Waals surface area contributed by atoms with E-state index in [0.717, 1.165) is 44.6 Å². The van der Waals surface area contributed by atoms with Crippen LogP contribution in [0.25, 0.3) is 0 Å². The normalized spacial score (nSPS) is 24.0. The molecule has 3 rings (SSSR count). The molecule has 1 saturated heterocycles. The Morgan fingerprint density at radius 1 is 1.12 bits per heavy atom. The minimum atomic E-state index is 0. The number of rotatable bonds is 6. The molecule has 26 heavy (non-hydrogen) atoms. The van der Waals surface area contributed by atoms with Gasteiger partial charge >= 0.3 is 0 Å². The first-order chi connectivity index (χ1) is 12.1. The molecule has 0 spiro atoms. The fraction of sp³-hybridized carbons (Fsp3) is 0.650. The van der Waals surface area contributed by atoms with E-state index < -0.39 is 0 Å². The summed E-state index contributed by atoms with van der Waals surface area (Å²) in [6, 6.07) is 8.70. The number of halogens is 1. The number of hydrogen-bond donors (Lipinski definition) is 2. The molecule has 0 bridgehead atoms. The molecule has 2 unspecified atom stereocenters. The van der Waals surface area contributed by atoms with Crippen LogP contribution in [-0.2, 0) is 17.8 Å². The largest absolute Gasteiger partial charge is 0.373 e. The number of ether oxygens (including phenoxy) is 1.